The van der Waals surface area contributed by atoms with E-state index in [2.05, 4.69) is 46.3 Å². The van der Waals surface area contributed by atoms with Crippen LogP contribution in [0.2, 0.25) is 5.02 Å². The molecule has 1 unspecified atom stereocenters. The summed E-state index contributed by atoms with van der Waals surface area (Å²) in [6, 6.07) is 22.5. The Hall–Kier alpha value is -3.73. The molecular weight excluding hydrogens is 536 g/mol. The van der Waals surface area contributed by atoms with Gasteiger partial charge in [0, 0.05) is 50.0 Å². The van der Waals surface area contributed by atoms with Crippen LogP contribution in [0.3, 0.4) is 0 Å². The van der Waals surface area contributed by atoms with Crippen LogP contribution < -0.4 is 19.7 Å². The van der Waals surface area contributed by atoms with Gasteiger partial charge in [-0.3, -0.25) is 4.79 Å². The number of hydrogen-bond donors (Lipinski definition) is 1. The van der Waals surface area contributed by atoms with E-state index in [0.717, 1.165) is 60.7 Å². The van der Waals surface area contributed by atoms with E-state index >= 15 is 0 Å². The average Bonchev–Trinajstić information content (AvgIpc) is 2.99. The lowest BCUT2D eigenvalue weighted by Crippen LogP contribution is -2.48. The molecule has 0 spiro atoms. The number of benzene rings is 3. The minimum atomic E-state index is -0.116. The van der Waals surface area contributed by atoms with E-state index in [-0.39, 0.29) is 5.91 Å². The highest BCUT2D eigenvalue weighted by atomic mass is 35.5. The summed E-state index contributed by atoms with van der Waals surface area (Å²) < 4.78 is 11.6. The SMILES string of the molecule is Cc1cccc(Cl)c1C(=O)NCCC(C)N1CCC(N(Cc2cccc(C#N)c2)c2ccc3c(c2)OCCO3)CC1. The molecule has 7 nitrogen and oxygen atoms in total. The van der Waals surface area contributed by atoms with Gasteiger partial charge in [0.2, 0.25) is 0 Å². The Morgan fingerprint density at radius 3 is 2.61 bits per heavy atom. The monoisotopic (exact) mass is 572 g/mol. The summed E-state index contributed by atoms with van der Waals surface area (Å²) in [5.41, 5.74) is 4.32. The molecule has 2 heterocycles. The summed E-state index contributed by atoms with van der Waals surface area (Å²) in [5.74, 6) is 1.45. The van der Waals surface area contributed by atoms with E-state index in [9.17, 15) is 10.1 Å². The number of halogens is 1. The molecule has 214 valence electrons. The van der Waals surface area contributed by atoms with Crippen molar-refractivity contribution < 1.29 is 14.3 Å². The molecule has 1 amide bonds. The number of hydrogen-bond acceptors (Lipinski definition) is 6. The second-order valence-corrected chi connectivity index (χ2v) is 11.3. The number of ether oxygens (including phenoxy) is 2. The standard InChI is InChI=1S/C33H37ClN4O3/c1-23-5-3-8-29(34)32(23)33(39)36-14-11-24(2)37-15-12-27(13-16-37)38(22-26-7-4-6-25(19-26)21-35)28-9-10-30-31(20-28)41-18-17-40-30/h3-10,19-20,24,27H,11-18,22H2,1-2H3,(H,36,39). The smallest absolute Gasteiger partial charge is 0.253 e. The van der Waals surface area contributed by atoms with Crippen LogP contribution in [0.15, 0.2) is 60.7 Å². The molecule has 1 N–H and O–H groups in total. The van der Waals surface area contributed by atoms with E-state index in [4.69, 9.17) is 21.1 Å². The van der Waals surface area contributed by atoms with E-state index in [0.29, 0.717) is 54.5 Å². The first-order chi connectivity index (χ1) is 19.9. The molecule has 41 heavy (non-hydrogen) atoms. The highest BCUT2D eigenvalue weighted by Gasteiger charge is 2.28. The molecule has 3 aromatic rings. The summed E-state index contributed by atoms with van der Waals surface area (Å²) in [6.45, 7) is 8.52. The van der Waals surface area contributed by atoms with Crippen molar-refractivity contribution in [3.63, 3.8) is 0 Å². The van der Waals surface area contributed by atoms with Crippen molar-refractivity contribution in [2.24, 2.45) is 0 Å². The van der Waals surface area contributed by atoms with Crippen molar-refractivity contribution in [1.29, 1.82) is 5.26 Å². The highest BCUT2D eigenvalue weighted by Crippen LogP contribution is 2.36. The molecule has 0 saturated carbocycles. The first-order valence-electron chi connectivity index (χ1n) is 14.4. The quantitative estimate of drug-likeness (QED) is 0.340. The maximum Gasteiger partial charge on any atom is 0.253 e. The number of fused-ring (bicyclic) bond motifs is 1. The minimum absolute atomic E-state index is 0.116. The molecule has 5 rings (SSSR count). The summed E-state index contributed by atoms with van der Waals surface area (Å²) >= 11 is 6.27. The third-order valence-corrected chi connectivity index (χ3v) is 8.44. The number of amides is 1. The Bertz CT molecular complexity index is 1390. The van der Waals surface area contributed by atoms with Crippen molar-refractivity contribution in [3.8, 4) is 17.6 Å². The van der Waals surface area contributed by atoms with E-state index in [1.54, 1.807) is 6.07 Å². The Morgan fingerprint density at radius 1 is 1.10 bits per heavy atom. The molecule has 2 aliphatic heterocycles. The van der Waals surface area contributed by atoms with Crippen molar-refractivity contribution >= 4 is 23.2 Å². The topological polar surface area (TPSA) is 77.8 Å². The Morgan fingerprint density at radius 2 is 1.85 bits per heavy atom. The summed E-state index contributed by atoms with van der Waals surface area (Å²) in [4.78, 5) is 17.7. The lowest BCUT2D eigenvalue weighted by molar-refractivity contribution is 0.0944. The van der Waals surface area contributed by atoms with Gasteiger partial charge in [-0.15, -0.1) is 0 Å². The van der Waals surface area contributed by atoms with Crippen molar-refractivity contribution in [3.05, 3.63) is 87.9 Å². The molecule has 8 heteroatoms. The zero-order valence-electron chi connectivity index (χ0n) is 23.7. The van der Waals surface area contributed by atoms with Crippen LogP contribution in [0.25, 0.3) is 0 Å². The fourth-order valence-electron chi connectivity index (χ4n) is 5.80. The van der Waals surface area contributed by atoms with Crippen molar-refractivity contribution in [1.82, 2.24) is 10.2 Å². The highest BCUT2D eigenvalue weighted by molar-refractivity contribution is 6.34. The maximum absolute atomic E-state index is 12.7. The molecule has 2 aliphatic rings. The first kappa shape index (κ1) is 28.8. The van der Waals surface area contributed by atoms with Crippen LogP contribution in [0.5, 0.6) is 11.5 Å². The lowest BCUT2D eigenvalue weighted by atomic mass is 9.99. The van der Waals surface area contributed by atoms with Crippen LogP contribution in [-0.2, 0) is 6.54 Å². The summed E-state index contributed by atoms with van der Waals surface area (Å²) in [5, 5.41) is 13.0. The fourth-order valence-corrected chi connectivity index (χ4v) is 6.11. The molecule has 0 bridgehead atoms. The van der Waals surface area contributed by atoms with Gasteiger partial charge in [0.15, 0.2) is 11.5 Å². The zero-order valence-corrected chi connectivity index (χ0v) is 24.5. The van der Waals surface area contributed by atoms with Gasteiger partial charge in [-0.1, -0.05) is 35.9 Å². The number of likely N-dealkylation sites (tertiary alicyclic amines) is 1. The number of nitrogens with zero attached hydrogens (tertiary/aromatic N) is 3. The minimum Gasteiger partial charge on any atom is -0.486 e. The van der Waals surface area contributed by atoms with Gasteiger partial charge in [0.1, 0.15) is 13.2 Å². The summed E-state index contributed by atoms with van der Waals surface area (Å²) in [6.07, 6.45) is 2.90. The van der Waals surface area contributed by atoms with Crippen LogP contribution >= 0.6 is 11.6 Å². The predicted molar refractivity (Wildman–Crippen MR) is 162 cm³/mol. The molecule has 1 fully saturated rings. The number of piperidine rings is 1. The Balaban J connectivity index is 1.21. The third-order valence-electron chi connectivity index (χ3n) is 8.13. The molecular formula is C33H37ClN4O3. The van der Waals surface area contributed by atoms with Gasteiger partial charge in [-0.2, -0.15) is 5.26 Å². The Labute approximate surface area is 247 Å². The van der Waals surface area contributed by atoms with Crippen LogP contribution in [0.1, 0.15) is 53.2 Å². The molecule has 0 aliphatic carbocycles. The normalized spacial score (nSPS) is 16.0. The second-order valence-electron chi connectivity index (χ2n) is 10.9. The van der Waals surface area contributed by atoms with Crippen molar-refractivity contribution in [2.45, 2.75) is 51.7 Å². The second kappa shape index (κ2) is 13.3. The first-order valence-corrected chi connectivity index (χ1v) is 14.7. The van der Waals surface area contributed by atoms with Gasteiger partial charge in [-0.05, 0) is 74.6 Å². The number of aryl methyl sites for hydroxylation is 1. The van der Waals surface area contributed by atoms with Gasteiger partial charge in [-0.25, -0.2) is 0 Å². The van der Waals surface area contributed by atoms with Crippen LogP contribution in [-0.4, -0.2) is 55.7 Å². The van der Waals surface area contributed by atoms with Gasteiger partial charge < -0.3 is 24.6 Å². The molecule has 0 radical (unpaired) electrons. The number of rotatable bonds is 9. The third kappa shape index (κ3) is 6.95. The summed E-state index contributed by atoms with van der Waals surface area (Å²) in [7, 11) is 0. The van der Waals surface area contributed by atoms with Crippen molar-refractivity contribution in [2.75, 3.05) is 37.7 Å². The predicted octanol–water partition coefficient (Wildman–Crippen LogP) is 5.97. The molecule has 1 saturated heterocycles. The number of carbonyl (C=O) groups is 1. The van der Waals surface area contributed by atoms with Crippen LogP contribution in [0, 0.1) is 18.3 Å². The zero-order chi connectivity index (χ0) is 28.8. The molecule has 3 aromatic carbocycles. The molecule has 1 atom stereocenters. The number of nitriles is 1. The Kier molecular flexibility index (Phi) is 9.33. The number of carbonyl (C=O) groups excluding carboxylic acids is 1. The largest absolute Gasteiger partial charge is 0.486 e. The fraction of sp³-hybridized carbons (Fsp3) is 0.394. The van der Waals surface area contributed by atoms with Gasteiger partial charge >= 0.3 is 0 Å². The van der Waals surface area contributed by atoms with Crippen LogP contribution in [0.4, 0.5) is 5.69 Å². The van der Waals surface area contributed by atoms with E-state index in [1.807, 2.05) is 43.3 Å². The lowest BCUT2D eigenvalue weighted by Gasteiger charge is -2.42. The van der Waals surface area contributed by atoms with Gasteiger partial charge in [0.25, 0.3) is 5.91 Å². The molecule has 0 aromatic heterocycles. The maximum atomic E-state index is 12.7. The average molecular weight is 573 g/mol. The number of nitrogens with one attached hydrogen (secondary N) is 1. The number of anilines is 1. The van der Waals surface area contributed by atoms with Gasteiger partial charge in [0.05, 0.1) is 22.2 Å². The van der Waals surface area contributed by atoms with E-state index in [1.165, 1.54) is 0 Å². The van der Waals surface area contributed by atoms with E-state index < -0.39 is 0 Å².